The van der Waals surface area contributed by atoms with E-state index in [1.54, 1.807) is 7.11 Å². The fourth-order valence-electron chi connectivity index (χ4n) is 1.95. The molecule has 0 saturated carbocycles. The van der Waals surface area contributed by atoms with E-state index in [4.69, 9.17) is 10.5 Å². The first-order valence-electron chi connectivity index (χ1n) is 6.07. The predicted octanol–water partition coefficient (Wildman–Crippen LogP) is 1.35. The lowest BCUT2D eigenvalue weighted by Crippen LogP contribution is -2.30. The molecular formula is C14H19N3O. The molecule has 18 heavy (non-hydrogen) atoms. The maximum Gasteiger partial charge on any atom is 0.128 e. The van der Waals surface area contributed by atoms with Crippen LogP contribution in [0.15, 0.2) is 29.3 Å². The number of benzene rings is 1. The van der Waals surface area contributed by atoms with Gasteiger partial charge in [0.15, 0.2) is 0 Å². The Bertz CT molecular complexity index is 492. The molecule has 1 aromatic rings. The summed E-state index contributed by atoms with van der Waals surface area (Å²) < 4.78 is 5.33. The zero-order valence-electron chi connectivity index (χ0n) is 10.9. The molecule has 4 nitrogen and oxygen atoms in total. The highest BCUT2D eigenvalue weighted by Gasteiger charge is 2.08. The summed E-state index contributed by atoms with van der Waals surface area (Å²) in [6.45, 7) is 4.56. The van der Waals surface area contributed by atoms with Crippen LogP contribution in [0.2, 0.25) is 0 Å². The number of rotatable bonds is 3. The molecule has 1 aliphatic heterocycles. The molecular weight excluding hydrogens is 226 g/mol. The van der Waals surface area contributed by atoms with Gasteiger partial charge in [0.25, 0.3) is 0 Å². The van der Waals surface area contributed by atoms with E-state index < -0.39 is 0 Å². The predicted molar refractivity (Wildman–Crippen MR) is 75.1 cm³/mol. The van der Waals surface area contributed by atoms with Gasteiger partial charge in [-0.3, -0.25) is 4.99 Å². The first-order chi connectivity index (χ1) is 8.70. The Hall–Kier alpha value is -1.81. The van der Waals surface area contributed by atoms with Crippen molar-refractivity contribution in [2.75, 3.05) is 26.7 Å². The number of ether oxygens (including phenoxy) is 1. The van der Waals surface area contributed by atoms with Crippen LogP contribution in [0, 0.1) is 6.92 Å². The summed E-state index contributed by atoms with van der Waals surface area (Å²) in [5.74, 6) is 0.790. The van der Waals surface area contributed by atoms with Crippen molar-refractivity contribution in [3.63, 3.8) is 0 Å². The van der Waals surface area contributed by atoms with E-state index in [0.29, 0.717) is 5.70 Å². The number of hydrogen-bond donors (Lipinski definition) is 2. The summed E-state index contributed by atoms with van der Waals surface area (Å²) >= 11 is 0. The van der Waals surface area contributed by atoms with E-state index in [9.17, 15) is 0 Å². The number of nitrogens with two attached hydrogens (primary N) is 1. The number of nitrogens with zero attached hydrogens (tertiary/aromatic N) is 1. The third-order valence-corrected chi connectivity index (χ3v) is 2.90. The van der Waals surface area contributed by atoms with Crippen molar-refractivity contribution in [2.45, 2.75) is 6.92 Å². The zero-order chi connectivity index (χ0) is 13.0. The summed E-state index contributed by atoms with van der Waals surface area (Å²) in [6, 6.07) is 5.98. The number of methoxy groups -OCH3 is 1. The molecule has 0 bridgehead atoms. The van der Waals surface area contributed by atoms with E-state index in [-0.39, 0.29) is 0 Å². The van der Waals surface area contributed by atoms with Crippen LogP contribution in [0.25, 0.3) is 5.70 Å². The van der Waals surface area contributed by atoms with Crippen LogP contribution in [0.5, 0.6) is 5.75 Å². The van der Waals surface area contributed by atoms with Gasteiger partial charge in [-0.15, -0.1) is 0 Å². The molecule has 4 heteroatoms. The minimum absolute atomic E-state index is 0.693. The van der Waals surface area contributed by atoms with Gasteiger partial charge in [-0.05, 0) is 25.1 Å². The Morgan fingerprint density at radius 1 is 1.50 bits per heavy atom. The molecule has 0 unspecified atom stereocenters. The second-order valence-electron chi connectivity index (χ2n) is 4.35. The van der Waals surface area contributed by atoms with Gasteiger partial charge >= 0.3 is 0 Å². The van der Waals surface area contributed by atoms with Gasteiger partial charge in [-0.25, -0.2) is 0 Å². The summed E-state index contributed by atoms with van der Waals surface area (Å²) in [6.07, 6.45) is 1.92. The molecule has 0 spiro atoms. The Labute approximate surface area is 108 Å². The van der Waals surface area contributed by atoms with Crippen molar-refractivity contribution < 1.29 is 4.74 Å². The average molecular weight is 245 g/mol. The fourth-order valence-corrected chi connectivity index (χ4v) is 1.95. The van der Waals surface area contributed by atoms with Crippen molar-refractivity contribution >= 4 is 11.4 Å². The lowest BCUT2D eigenvalue weighted by Gasteiger charge is -2.13. The Morgan fingerprint density at radius 2 is 2.33 bits per heavy atom. The SMILES string of the molecule is COc1ccc(C)cc1C(N)=CC1=NCCNC1. The quantitative estimate of drug-likeness (QED) is 0.845. The third kappa shape index (κ3) is 2.90. The number of aliphatic imine (C=N–C) groups is 1. The lowest BCUT2D eigenvalue weighted by atomic mass is 10.1. The smallest absolute Gasteiger partial charge is 0.128 e. The minimum Gasteiger partial charge on any atom is -0.496 e. The molecule has 1 aliphatic rings. The first kappa shape index (κ1) is 12.6. The highest BCUT2D eigenvalue weighted by atomic mass is 16.5. The topological polar surface area (TPSA) is 59.6 Å². The van der Waals surface area contributed by atoms with Gasteiger partial charge in [-0.1, -0.05) is 11.6 Å². The summed E-state index contributed by atoms with van der Waals surface area (Å²) in [7, 11) is 1.65. The second-order valence-corrected chi connectivity index (χ2v) is 4.35. The standard InChI is InChI=1S/C14H19N3O/c1-10-3-4-14(18-2)12(7-10)13(15)8-11-9-16-5-6-17-11/h3-4,7-8,16H,5-6,9,15H2,1-2H3. The Balaban J connectivity index is 2.32. The lowest BCUT2D eigenvalue weighted by molar-refractivity contribution is 0.413. The maximum atomic E-state index is 6.14. The van der Waals surface area contributed by atoms with Crippen LogP contribution in [0.1, 0.15) is 11.1 Å². The molecule has 0 radical (unpaired) electrons. The molecule has 1 aromatic carbocycles. The van der Waals surface area contributed by atoms with E-state index in [1.807, 2.05) is 31.2 Å². The minimum atomic E-state index is 0.693. The monoisotopic (exact) mass is 245 g/mol. The summed E-state index contributed by atoms with van der Waals surface area (Å²) in [4.78, 5) is 4.43. The average Bonchev–Trinajstić information content (AvgIpc) is 2.40. The molecule has 0 fully saturated rings. The molecule has 1 heterocycles. The highest BCUT2D eigenvalue weighted by Crippen LogP contribution is 2.24. The normalized spacial score (nSPS) is 16.3. The molecule has 0 amide bonds. The van der Waals surface area contributed by atoms with Gasteiger partial charge in [0.05, 0.1) is 19.4 Å². The van der Waals surface area contributed by atoms with E-state index >= 15 is 0 Å². The van der Waals surface area contributed by atoms with Gasteiger partial charge in [0.2, 0.25) is 0 Å². The molecule has 0 saturated heterocycles. The third-order valence-electron chi connectivity index (χ3n) is 2.90. The van der Waals surface area contributed by atoms with Crippen LogP contribution in [-0.4, -0.2) is 32.5 Å². The molecule has 0 atom stereocenters. The number of aryl methyl sites for hydroxylation is 1. The molecule has 0 aliphatic carbocycles. The highest BCUT2D eigenvalue weighted by molar-refractivity contribution is 6.02. The second kappa shape index (κ2) is 5.69. The van der Waals surface area contributed by atoms with Crippen molar-refractivity contribution in [3.8, 4) is 5.75 Å². The summed E-state index contributed by atoms with van der Waals surface area (Å²) in [5.41, 5.74) is 9.90. The van der Waals surface area contributed by atoms with Crippen molar-refractivity contribution in [2.24, 2.45) is 10.7 Å². The van der Waals surface area contributed by atoms with Crippen molar-refractivity contribution in [1.29, 1.82) is 0 Å². The Morgan fingerprint density at radius 3 is 3.00 bits per heavy atom. The Kier molecular flexibility index (Phi) is 3.99. The van der Waals surface area contributed by atoms with Crippen molar-refractivity contribution in [3.05, 3.63) is 35.4 Å². The first-order valence-corrected chi connectivity index (χ1v) is 6.07. The number of nitrogens with one attached hydrogen (secondary N) is 1. The van der Waals surface area contributed by atoms with Gasteiger partial charge in [-0.2, -0.15) is 0 Å². The van der Waals surface area contributed by atoms with Crippen LogP contribution in [0.4, 0.5) is 0 Å². The van der Waals surface area contributed by atoms with Crippen LogP contribution in [-0.2, 0) is 0 Å². The summed E-state index contributed by atoms with van der Waals surface area (Å²) in [5, 5.41) is 3.27. The molecule has 2 rings (SSSR count). The maximum absolute atomic E-state index is 6.14. The molecule has 3 N–H and O–H groups in total. The largest absolute Gasteiger partial charge is 0.496 e. The van der Waals surface area contributed by atoms with Crippen LogP contribution < -0.4 is 15.8 Å². The van der Waals surface area contributed by atoms with Crippen molar-refractivity contribution in [1.82, 2.24) is 5.32 Å². The molecule has 0 aromatic heterocycles. The zero-order valence-corrected chi connectivity index (χ0v) is 10.9. The van der Waals surface area contributed by atoms with E-state index in [2.05, 4.69) is 10.3 Å². The van der Waals surface area contributed by atoms with Gasteiger partial charge in [0, 0.05) is 24.4 Å². The van der Waals surface area contributed by atoms with E-state index in [1.165, 1.54) is 0 Å². The fraction of sp³-hybridized carbons (Fsp3) is 0.357. The number of hydrogen-bond acceptors (Lipinski definition) is 4. The molecule has 96 valence electrons. The van der Waals surface area contributed by atoms with Crippen LogP contribution >= 0.6 is 0 Å². The van der Waals surface area contributed by atoms with Crippen LogP contribution in [0.3, 0.4) is 0 Å². The van der Waals surface area contributed by atoms with E-state index in [0.717, 1.165) is 42.2 Å². The van der Waals surface area contributed by atoms with Gasteiger partial charge < -0.3 is 15.8 Å². The van der Waals surface area contributed by atoms with Gasteiger partial charge in [0.1, 0.15) is 5.75 Å².